The van der Waals surface area contributed by atoms with Crippen LogP contribution in [0.25, 0.3) is 0 Å². The van der Waals surface area contributed by atoms with Crippen LogP contribution in [0, 0.1) is 5.92 Å². The molecule has 0 radical (unpaired) electrons. The Hall–Kier alpha value is -3.19. The number of aryl methyl sites for hydroxylation is 1. The van der Waals surface area contributed by atoms with Crippen molar-refractivity contribution in [3.63, 3.8) is 0 Å². The lowest BCUT2D eigenvalue weighted by molar-refractivity contribution is -0.119. The third-order valence-electron chi connectivity index (χ3n) is 5.18. The summed E-state index contributed by atoms with van der Waals surface area (Å²) in [6.45, 7) is 1.76. The number of rotatable bonds is 5. The van der Waals surface area contributed by atoms with Gasteiger partial charge in [0, 0.05) is 38.4 Å². The summed E-state index contributed by atoms with van der Waals surface area (Å²) < 4.78 is 3.35. The standard InChI is InChI=1S/C21H23N5O2/c1-25-14-16(10-23-25)17-11-22-12-18(17)20(27)24-19-8-5-9-26(21(19)28)13-15-6-3-2-4-7-15/h2-10,14,17-18,22H,11-13H2,1H3,(H,24,27)/t17-,18+/m1/s1. The van der Waals surface area contributed by atoms with Crippen molar-refractivity contribution in [2.45, 2.75) is 12.5 Å². The number of carbonyl (C=O) groups excluding carboxylic acids is 1. The van der Waals surface area contributed by atoms with Crippen LogP contribution in [0.4, 0.5) is 5.69 Å². The van der Waals surface area contributed by atoms with Gasteiger partial charge in [0.15, 0.2) is 0 Å². The molecule has 7 nitrogen and oxygen atoms in total. The van der Waals surface area contributed by atoms with Gasteiger partial charge in [0.05, 0.1) is 18.7 Å². The molecule has 4 rings (SSSR count). The smallest absolute Gasteiger partial charge is 0.274 e. The first-order valence-electron chi connectivity index (χ1n) is 9.35. The Morgan fingerprint density at radius 2 is 2.04 bits per heavy atom. The van der Waals surface area contributed by atoms with Crippen molar-refractivity contribution in [2.75, 3.05) is 18.4 Å². The largest absolute Gasteiger partial charge is 0.321 e. The van der Waals surface area contributed by atoms with Crippen molar-refractivity contribution in [3.8, 4) is 0 Å². The molecule has 3 heterocycles. The van der Waals surface area contributed by atoms with E-state index in [4.69, 9.17) is 0 Å². The number of benzene rings is 1. The van der Waals surface area contributed by atoms with Gasteiger partial charge in [0.1, 0.15) is 5.69 Å². The van der Waals surface area contributed by atoms with Crippen LogP contribution in [-0.2, 0) is 18.4 Å². The van der Waals surface area contributed by atoms with Crippen molar-refractivity contribution in [2.24, 2.45) is 13.0 Å². The lowest BCUT2D eigenvalue weighted by Gasteiger charge is -2.17. The minimum atomic E-state index is -0.244. The van der Waals surface area contributed by atoms with Crippen LogP contribution in [0.15, 0.2) is 65.8 Å². The van der Waals surface area contributed by atoms with Crippen molar-refractivity contribution in [1.82, 2.24) is 19.7 Å². The Kier molecular flexibility index (Phi) is 5.08. The highest BCUT2D eigenvalue weighted by Gasteiger charge is 2.35. The van der Waals surface area contributed by atoms with Crippen molar-refractivity contribution >= 4 is 11.6 Å². The van der Waals surface area contributed by atoms with Crippen LogP contribution < -0.4 is 16.2 Å². The normalized spacial score (nSPS) is 18.9. The van der Waals surface area contributed by atoms with Crippen molar-refractivity contribution in [3.05, 3.63) is 82.5 Å². The van der Waals surface area contributed by atoms with Gasteiger partial charge in [-0.2, -0.15) is 5.10 Å². The van der Waals surface area contributed by atoms with Gasteiger partial charge in [-0.1, -0.05) is 30.3 Å². The quantitative estimate of drug-likeness (QED) is 0.707. The van der Waals surface area contributed by atoms with Gasteiger partial charge in [-0.15, -0.1) is 0 Å². The molecule has 7 heteroatoms. The SMILES string of the molecule is Cn1cc([C@H]2CNC[C@@H]2C(=O)Nc2cccn(Cc3ccccc3)c2=O)cn1. The molecule has 0 bridgehead atoms. The molecule has 2 atom stereocenters. The number of anilines is 1. The average molecular weight is 377 g/mol. The third-order valence-corrected chi connectivity index (χ3v) is 5.18. The molecule has 1 saturated heterocycles. The number of hydrogen-bond acceptors (Lipinski definition) is 4. The molecule has 144 valence electrons. The summed E-state index contributed by atoms with van der Waals surface area (Å²) in [4.78, 5) is 25.7. The number of hydrogen-bond donors (Lipinski definition) is 2. The summed E-state index contributed by atoms with van der Waals surface area (Å²) >= 11 is 0. The fourth-order valence-electron chi connectivity index (χ4n) is 3.70. The summed E-state index contributed by atoms with van der Waals surface area (Å²) in [7, 11) is 1.86. The molecule has 1 aliphatic rings. The lowest BCUT2D eigenvalue weighted by atomic mass is 9.90. The Labute approximate surface area is 163 Å². The van der Waals surface area contributed by atoms with E-state index < -0.39 is 0 Å². The van der Waals surface area contributed by atoms with E-state index in [-0.39, 0.29) is 23.3 Å². The maximum absolute atomic E-state index is 12.9. The molecule has 0 saturated carbocycles. The van der Waals surface area contributed by atoms with Crippen molar-refractivity contribution < 1.29 is 4.79 Å². The first-order chi connectivity index (χ1) is 13.6. The topological polar surface area (TPSA) is 81.0 Å². The molecule has 2 N–H and O–H groups in total. The predicted octanol–water partition coefficient (Wildman–Crippen LogP) is 1.57. The maximum atomic E-state index is 12.9. The molecule has 3 aromatic rings. The molecule has 0 unspecified atom stereocenters. The molecule has 28 heavy (non-hydrogen) atoms. The van der Waals surface area contributed by atoms with E-state index in [1.807, 2.05) is 43.6 Å². The predicted molar refractivity (Wildman–Crippen MR) is 107 cm³/mol. The second kappa shape index (κ2) is 7.82. The second-order valence-corrected chi connectivity index (χ2v) is 7.15. The fraction of sp³-hybridized carbons (Fsp3) is 0.286. The van der Waals surface area contributed by atoms with Gasteiger partial charge in [-0.3, -0.25) is 14.3 Å². The Morgan fingerprint density at radius 3 is 2.79 bits per heavy atom. The van der Waals surface area contributed by atoms with Gasteiger partial charge in [0.2, 0.25) is 5.91 Å². The zero-order valence-corrected chi connectivity index (χ0v) is 15.7. The van der Waals surface area contributed by atoms with Gasteiger partial charge < -0.3 is 15.2 Å². The molecule has 1 amide bonds. The summed E-state index contributed by atoms with van der Waals surface area (Å²) in [5.74, 6) is -0.344. The van der Waals surface area contributed by atoms with Gasteiger partial charge >= 0.3 is 0 Å². The average Bonchev–Trinajstić information content (AvgIpc) is 3.34. The highest BCUT2D eigenvalue weighted by molar-refractivity contribution is 5.93. The minimum absolute atomic E-state index is 0.0453. The number of pyridine rings is 1. The molecule has 1 aliphatic heterocycles. The molecule has 0 spiro atoms. The van der Waals surface area contributed by atoms with Gasteiger partial charge in [0.25, 0.3) is 5.56 Å². The number of nitrogens with one attached hydrogen (secondary N) is 2. The molecule has 2 aromatic heterocycles. The van der Waals surface area contributed by atoms with Crippen LogP contribution in [0.2, 0.25) is 0 Å². The molecule has 1 aromatic carbocycles. The Balaban J connectivity index is 1.51. The van der Waals surface area contributed by atoms with Crippen LogP contribution in [0.3, 0.4) is 0 Å². The maximum Gasteiger partial charge on any atom is 0.274 e. The highest BCUT2D eigenvalue weighted by atomic mass is 16.2. The monoisotopic (exact) mass is 377 g/mol. The van der Waals surface area contributed by atoms with E-state index in [0.29, 0.717) is 18.8 Å². The van der Waals surface area contributed by atoms with Crippen molar-refractivity contribution in [1.29, 1.82) is 0 Å². The second-order valence-electron chi connectivity index (χ2n) is 7.15. The number of nitrogens with zero attached hydrogens (tertiary/aromatic N) is 3. The fourth-order valence-corrected chi connectivity index (χ4v) is 3.70. The van der Waals surface area contributed by atoms with Crippen LogP contribution >= 0.6 is 0 Å². The number of aromatic nitrogens is 3. The van der Waals surface area contributed by atoms with E-state index in [2.05, 4.69) is 15.7 Å². The molecular weight excluding hydrogens is 354 g/mol. The number of carbonyl (C=O) groups is 1. The van der Waals surface area contributed by atoms with E-state index in [9.17, 15) is 9.59 Å². The van der Waals surface area contributed by atoms with Gasteiger partial charge in [-0.05, 0) is 23.3 Å². The Bertz CT molecular complexity index is 1020. The first-order valence-corrected chi connectivity index (χ1v) is 9.35. The summed E-state index contributed by atoms with van der Waals surface area (Å²) in [6, 6.07) is 13.2. The molecular formula is C21H23N5O2. The van der Waals surface area contributed by atoms with Gasteiger partial charge in [-0.25, -0.2) is 0 Å². The number of amides is 1. The zero-order valence-electron chi connectivity index (χ0n) is 15.7. The van der Waals surface area contributed by atoms with Crippen LogP contribution in [-0.4, -0.2) is 33.3 Å². The summed E-state index contributed by atoms with van der Waals surface area (Å²) in [6.07, 6.45) is 5.47. The van der Waals surface area contributed by atoms with E-state index >= 15 is 0 Å². The zero-order chi connectivity index (χ0) is 19.5. The van der Waals surface area contributed by atoms with Crippen LogP contribution in [0.1, 0.15) is 17.0 Å². The van der Waals surface area contributed by atoms with E-state index in [0.717, 1.165) is 17.7 Å². The minimum Gasteiger partial charge on any atom is -0.321 e. The first kappa shape index (κ1) is 18.2. The van der Waals surface area contributed by atoms with E-state index in [1.165, 1.54) is 0 Å². The van der Waals surface area contributed by atoms with E-state index in [1.54, 1.807) is 33.8 Å². The summed E-state index contributed by atoms with van der Waals surface area (Å²) in [5, 5.41) is 10.3. The van der Waals surface area contributed by atoms with Crippen LogP contribution in [0.5, 0.6) is 0 Å². The molecule has 0 aliphatic carbocycles. The summed E-state index contributed by atoms with van der Waals surface area (Å²) in [5.41, 5.74) is 2.16. The lowest BCUT2D eigenvalue weighted by Crippen LogP contribution is -2.32. The Morgan fingerprint density at radius 1 is 1.21 bits per heavy atom. The molecule has 1 fully saturated rings. The third kappa shape index (κ3) is 3.75. The highest BCUT2D eigenvalue weighted by Crippen LogP contribution is 2.28.